The predicted octanol–water partition coefficient (Wildman–Crippen LogP) is 4.32. The number of nitrogens with one attached hydrogen (secondary N) is 2. The van der Waals surface area contributed by atoms with Crippen LogP contribution in [0.1, 0.15) is 24.8 Å². The molecule has 20 heavy (non-hydrogen) atoms. The number of halogens is 4. The van der Waals surface area contributed by atoms with E-state index in [0.717, 1.165) is 19.3 Å². The molecule has 0 amide bonds. The summed E-state index contributed by atoms with van der Waals surface area (Å²) in [5.41, 5.74) is -1.28. The van der Waals surface area contributed by atoms with Crippen molar-refractivity contribution >= 4 is 27.3 Å². The van der Waals surface area contributed by atoms with E-state index < -0.39 is 11.9 Å². The molecule has 0 aromatic heterocycles. The van der Waals surface area contributed by atoms with Crippen molar-refractivity contribution in [2.24, 2.45) is 0 Å². The normalized spacial score (nSPS) is 19.7. The van der Waals surface area contributed by atoms with Gasteiger partial charge in [0.15, 0.2) is 0 Å². The third kappa shape index (κ3) is 3.73. The summed E-state index contributed by atoms with van der Waals surface area (Å²) in [7, 11) is 0. The Morgan fingerprint density at radius 1 is 1.35 bits per heavy atom. The van der Waals surface area contributed by atoms with Crippen LogP contribution in [0.2, 0.25) is 0 Å². The summed E-state index contributed by atoms with van der Waals surface area (Å²) in [6.07, 6.45) is -2.30. The molecule has 3 nitrogen and oxygen atoms in total. The highest BCUT2D eigenvalue weighted by atomic mass is 79.9. The molecule has 0 aliphatic carbocycles. The smallest absolute Gasteiger partial charge is 0.360 e. The van der Waals surface area contributed by atoms with Gasteiger partial charge in [0.1, 0.15) is 11.9 Å². The number of hydrogen-bond donors (Lipinski definition) is 2. The first-order valence-corrected chi connectivity index (χ1v) is 7.01. The standard InChI is InChI=1S/C13H14BrF3N2O/c14-8-4-5-10(19-11-3-1-2-6-20-11)9(7-8)12(18)13(15,16)17/h4-5,7,11,18-19H,1-3,6H2. The Hall–Kier alpha value is -1.08. The third-order valence-electron chi connectivity index (χ3n) is 3.03. The average Bonchev–Trinajstić information content (AvgIpc) is 2.40. The van der Waals surface area contributed by atoms with E-state index in [1.165, 1.54) is 12.1 Å². The highest BCUT2D eigenvalue weighted by Gasteiger charge is 2.36. The maximum absolute atomic E-state index is 12.7. The van der Waals surface area contributed by atoms with E-state index in [4.69, 9.17) is 10.1 Å². The summed E-state index contributed by atoms with van der Waals surface area (Å²) in [5.74, 6) is 0. The summed E-state index contributed by atoms with van der Waals surface area (Å²) in [5, 5.41) is 10.3. The van der Waals surface area contributed by atoms with Crippen LogP contribution in [0.15, 0.2) is 22.7 Å². The molecule has 1 aromatic rings. The summed E-state index contributed by atoms with van der Waals surface area (Å²) in [4.78, 5) is 0. The molecule has 110 valence electrons. The van der Waals surface area contributed by atoms with Gasteiger partial charge in [0.05, 0.1) is 0 Å². The van der Waals surface area contributed by atoms with Gasteiger partial charge in [-0.3, -0.25) is 5.41 Å². The first-order chi connectivity index (χ1) is 9.38. The lowest BCUT2D eigenvalue weighted by atomic mass is 10.1. The molecule has 1 unspecified atom stereocenters. The zero-order valence-electron chi connectivity index (χ0n) is 10.6. The second-order valence-corrected chi connectivity index (χ2v) is 5.48. The Balaban J connectivity index is 2.25. The number of hydrogen-bond acceptors (Lipinski definition) is 3. The monoisotopic (exact) mass is 350 g/mol. The maximum atomic E-state index is 12.7. The summed E-state index contributed by atoms with van der Waals surface area (Å²) >= 11 is 3.13. The van der Waals surface area contributed by atoms with Crippen molar-refractivity contribution in [3.63, 3.8) is 0 Å². The zero-order chi connectivity index (χ0) is 14.8. The molecule has 7 heteroatoms. The van der Waals surface area contributed by atoms with Crippen LogP contribution in [0.4, 0.5) is 18.9 Å². The van der Waals surface area contributed by atoms with Crippen LogP contribution in [0.25, 0.3) is 0 Å². The lowest BCUT2D eigenvalue weighted by molar-refractivity contribution is -0.0587. The second-order valence-electron chi connectivity index (χ2n) is 4.56. The Bertz CT molecular complexity index is 499. The molecular weight excluding hydrogens is 337 g/mol. The van der Waals surface area contributed by atoms with Crippen molar-refractivity contribution in [2.45, 2.75) is 31.7 Å². The summed E-state index contributed by atoms with van der Waals surface area (Å²) in [6, 6.07) is 4.46. The Morgan fingerprint density at radius 3 is 2.70 bits per heavy atom. The molecule has 0 saturated carbocycles. The van der Waals surface area contributed by atoms with Gasteiger partial charge in [-0.1, -0.05) is 15.9 Å². The molecule has 1 aromatic carbocycles. The van der Waals surface area contributed by atoms with E-state index in [2.05, 4.69) is 21.2 Å². The molecule has 2 N–H and O–H groups in total. The number of alkyl halides is 3. The molecule has 1 atom stereocenters. The van der Waals surface area contributed by atoms with Gasteiger partial charge in [-0.2, -0.15) is 13.2 Å². The van der Waals surface area contributed by atoms with Crippen LogP contribution in [0, 0.1) is 5.41 Å². The molecule has 2 rings (SSSR count). The second kappa shape index (κ2) is 6.13. The Kier molecular flexibility index (Phi) is 4.70. The fraction of sp³-hybridized carbons (Fsp3) is 0.462. The van der Waals surface area contributed by atoms with Crippen LogP contribution < -0.4 is 5.32 Å². The molecule has 1 fully saturated rings. The van der Waals surface area contributed by atoms with Crippen LogP contribution in [-0.4, -0.2) is 24.7 Å². The van der Waals surface area contributed by atoms with Crippen molar-refractivity contribution in [2.75, 3.05) is 11.9 Å². The largest absolute Gasteiger partial charge is 0.433 e. The van der Waals surface area contributed by atoms with Gasteiger partial charge in [0.25, 0.3) is 0 Å². The lowest BCUT2D eigenvalue weighted by Crippen LogP contribution is -2.29. The number of anilines is 1. The topological polar surface area (TPSA) is 45.1 Å². The molecule has 0 spiro atoms. The van der Waals surface area contributed by atoms with E-state index in [0.29, 0.717) is 11.1 Å². The van der Waals surface area contributed by atoms with E-state index in [1.807, 2.05) is 0 Å². The average molecular weight is 351 g/mol. The third-order valence-corrected chi connectivity index (χ3v) is 3.52. The summed E-state index contributed by atoms with van der Waals surface area (Å²) < 4.78 is 44.1. The number of benzene rings is 1. The quantitative estimate of drug-likeness (QED) is 0.797. The highest BCUT2D eigenvalue weighted by Crippen LogP contribution is 2.30. The minimum Gasteiger partial charge on any atom is -0.360 e. The van der Waals surface area contributed by atoms with Gasteiger partial charge in [0.2, 0.25) is 0 Å². The fourth-order valence-electron chi connectivity index (χ4n) is 2.03. The van der Waals surface area contributed by atoms with Crippen molar-refractivity contribution in [3.8, 4) is 0 Å². The van der Waals surface area contributed by atoms with Gasteiger partial charge >= 0.3 is 6.18 Å². The van der Waals surface area contributed by atoms with E-state index in [9.17, 15) is 13.2 Å². The van der Waals surface area contributed by atoms with Crippen molar-refractivity contribution in [3.05, 3.63) is 28.2 Å². The number of rotatable bonds is 3. The van der Waals surface area contributed by atoms with Gasteiger partial charge in [-0.15, -0.1) is 0 Å². The molecule has 1 aliphatic rings. The maximum Gasteiger partial charge on any atom is 0.433 e. The molecule has 0 radical (unpaired) electrons. The minimum atomic E-state index is -4.68. The number of ether oxygens (including phenoxy) is 1. The molecule has 1 heterocycles. The van der Waals surface area contributed by atoms with Gasteiger partial charge < -0.3 is 10.1 Å². The van der Waals surface area contributed by atoms with Gasteiger partial charge in [0, 0.05) is 22.3 Å². The van der Waals surface area contributed by atoms with Gasteiger partial charge in [-0.05, 0) is 37.5 Å². The van der Waals surface area contributed by atoms with Crippen molar-refractivity contribution in [1.29, 1.82) is 5.41 Å². The fourth-order valence-corrected chi connectivity index (χ4v) is 2.39. The Labute approximate surface area is 123 Å². The lowest BCUT2D eigenvalue weighted by Gasteiger charge is -2.26. The minimum absolute atomic E-state index is 0.180. The van der Waals surface area contributed by atoms with Crippen LogP contribution >= 0.6 is 15.9 Å². The van der Waals surface area contributed by atoms with Crippen LogP contribution in [-0.2, 0) is 4.74 Å². The molecular formula is C13H14BrF3N2O. The van der Waals surface area contributed by atoms with Crippen LogP contribution in [0.5, 0.6) is 0 Å². The molecule has 1 saturated heterocycles. The van der Waals surface area contributed by atoms with Crippen LogP contribution in [0.3, 0.4) is 0 Å². The van der Waals surface area contributed by atoms with Crippen molar-refractivity contribution in [1.82, 2.24) is 0 Å². The highest BCUT2D eigenvalue weighted by molar-refractivity contribution is 9.10. The van der Waals surface area contributed by atoms with E-state index in [-0.39, 0.29) is 17.5 Å². The summed E-state index contributed by atoms with van der Waals surface area (Å²) in [6.45, 7) is 0.597. The predicted molar refractivity (Wildman–Crippen MR) is 74.2 cm³/mol. The first kappa shape index (κ1) is 15.3. The SMILES string of the molecule is N=C(c1cc(Br)ccc1NC1CCCCO1)C(F)(F)F. The van der Waals surface area contributed by atoms with Gasteiger partial charge in [-0.25, -0.2) is 0 Å². The first-order valence-electron chi connectivity index (χ1n) is 6.22. The van der Waals surface area contributed by atoms with E-state index in [1.54, 1.807) is 6.07 Å². The zero-order valence-corrected chi connectivity index (χ0v) is 12.1. The van der Waals surface area contributed by atoms with Crippen molar-refractivity contribution < 1.29 is 17.9 Å². The van der Waals surface area contributed by atoms with E-state index >= 15 is 0 Å². The molecule has 0 bridgehead atoms. The molecule has 1 aliphatic heterocycles. The Morgan fingerprint density at radius 2 is 2.10 bits per heavy atom.